The molecule has 0 aromatic heterocycles. The molecule has 1 aliphatic heterocycles. The number of halogens is 1. The van der Waals surface area contributed by atoms with E-state index in [1.165, 1.54) is 18.2 Å². The Labute approximate surface area is 212 Å². The molecule has 1 aliphatic rings. The highest BCUT2D eigenvalue weighted by Crippen LogP contribution is 2.21. The fraction of sp³-hybridized carbons (Fsp3) is 0.429. The first-order valence-corrected chi connectivity index (χ1v) is 12.0. The molecule has 0 radical (unpaired) electrons. The number of amides is 1. The monoisotopic (exact) mass is 495 g/mol. The van der Waals surface area contributed by atoms with Crippen LogP contribution in [0.25, 0.3) is 6.08 Å². The number of hydrogen-bond donors (Lipinski definition) is 1. The van der Waals surface area contributed by atoms with Gasteiger partial charge in [-0.25, -0.2) is 4.39 Å². The van der Waals surface area contributed by atoms with Gasteiger partial charge in [-0.1, -0.05) is 0 Å². The zero-order valence-corrected chi connectivity index (χ0v) is 21.3. The summed E-state index contributed by atoms with van der Waals surface area (Å²) < 4.78 is 30.2. The third kappa shape index (κ3) is 8.67. The predicted molar refractivity (Wildman–Crippen MR) is 136 cm³/mol. The number of likely N-dealkylation sites (tertiary alicyclic amines) is 1. The zero-order chi connectivity index (χ0) is 26.1. The van der Waals surface area contributed by atoms with E-state index in [0.717, 1.165) is 19.6 Å². The van der Waals surface area contributed by atoms with Gasteiger partial charge in [0.25, 0.3) is 0 Å². The molecule has 1 amide bonds. The Morgan fingerprint density at radius 2 is 1.97 bits per heavy atom. The van der Waals surface area contributed by atoms with Crippen LogP contribution in [0.5, 0.6) is 11.5 Å². The number of carbonyl (C=O) groups is 1. The molecule has 2 aromatic rings. The van der Waals surface area contributed by atoms with Crippen LogP contribution in [0.1, 0.15) is 38.3 Å². The Morgan fingerprint density at radius 3 is 2.61 bits per heavy atom. The predicted octanol–water partition coefficient (Wildman–Crippen LogP) is 4.17. The fourth-order valence-corrected chi connectivity index (χ4v) is 3.72. The van der Waals surface area contributed by atoms with Gasteiger partial charge < -0.3 is 19.5 Å². The van der Waals surface area contributed by atoms with Crippen molar-refractivity contribution < 1.29 is 23.4 Å². The molecule has 192 valence electrons. The molecule has 0 saturated carbocycles. The van der Waals surface area contributed by atoms with E-state index in [1.54, 1.807) is 43.5 Å². The topological polar surface area (TPSA) is 83.8 Å². The number of nitriles is 1. The van der Waals surface area contributed by atoms with Gasteiger partial charge in [0.2, 0.25) is 5.91 Å². The maximum absolute atomic E-state index is 13.1. The van der Waals surface area contributed by atoms with Crippen LogP contribution >= 0.6 is 0 Å². The van der Waals surface area contributed by atoms with Crippen LogP contribution in [0.3, 0.4) is 0 Å². The summed E-state index contributed by atoms with van der Waals surface area (Å²) >= 11 is 0. The van der Waals surface area contributed by atoms with Crippen molar-refractivity contribution in [2.24, 2.45) is 0 Å². The van der Waals surface area contributed by atoms with Gasteiger partial charge in [0.15, 0.2) is 0 Å². The van der Waals surface area contributed by atoms with Crippen LogP contribution in [0.15, 0.2) is 48.5 Å². The van der Waals surface area contributed by atoms with Crippen LogP contribution in [-0.4, -0.2) is 61.9 Å². The minimum atomic E-state index is -0.325. The molecule has 1 heterocycles. The average molecular weight is 496 g/mol. The SMILES string of the molecule is COc1ccc(C#N)cc1/C=C/C(=O)N[C@@H](CCN1CC(Oc2ccc(F)cc2)C1)COC(C)(C)C. The maximum Gasteiger partial charge on any atom is 0.244 e. The molecule has 1 fully saturated rings. The number of hydrogen-bond acceptors (Lipinski definition) is 6. The third-order valence-corrected chi connectivity index (χ3v) is 5.67. The lowest BCUT2D eigenvalue weighted by Gasteiger charge is -2.39. The number of nitrogens with one attached hydrogen (secondary N) is 1. The normalized spacial score (nSPS) is 15.2. The Morgan fingerprint density at radius 1 is 1.25 bits per heavy atom. The summed E-state index contributed by atoms with van der Waals surface area (Å²) in [6.07, 6.45) is 3.87. The maximum atomic E-state index is 13.1. The Hall–Kier alpha value is -3.41. The second kappa shape index (κ2) is 12.5. The molecular formula is C28H34FN3O4. The molecule has 0 bridgehead atoms. The number of carbonyl (C=O) groups excluding carboxylic acids is 1. The first kappa shape index (κ1) is 27.2. The summed E-state index contributed by atoms with van der Waals surface area (Å²) in [6.45, 7) is 8.65. The number of rotatable bonds is 11. The van der Waals surface area contributed by atoms with Crippen molar-refractivity contribution >= 4 is 12.0 Å². The molecule has 3 rings (SSSR count). The molecule has 1 N–H and O–H groups in total. The van der Waals surface area contributed by atoms with E-state index in [9.17, 15) is 9.18 Å². The number of nitrogens with zero attached hydrogens (tertiary/aromatic N) is 2. The summed E-state index contributed by atoms with van der Waals surface area (Å²) in [5.74, 6) is 0.713. The first-order valence-electron chi connectivity index (χ1n) is 12.0. The molecule has 0 aliphatic carbocycles. The highest BCUT2D eigenvalue weighted by atomic mass is 19.1. The molecule has 0 unspecified atom stereocenters. The van der Waals surface area contributed by atoms with Gasteiger partial charge in [0.1, 0.15) is 23.4 Å². The average Bonchev–Trinajstić information content (AvgIpc) is 2.82. The van der Waals surface area contributed by atoms with Gasteiger partial charge in [-0.05, 0) is 75.7 Å². The molecule has 8 heteroatoms. The summed E-state index contributed by atoms with van der Waals surface area (Å²) in [7, 11) is 1.55. The van der Waals surface area contributed by atoms with Gasteiger partial charge >= 0.3 is 0 Å². The molecule has 1 atom stereocenters. The fourth-order valence-electron chi connectivity index (χ4n) is 3.72. The van der Waals surface area contributed by atoms with Crippen LogP contribution in [0, 0.1) is 17.1 Å². The van der Waals surface area contributed by atoms with Gasteiger partial charge in [0, 0.05) is 31.3 Å². The van der Waals surface area contributed by atoms with Gasteiger partial charge in [-0.3, -0.25) is 9.69 Å². The number of benzene rings is 2. The van der Waals surface area contributed by atoms with Gasteiger partial charge in [-0.15, -0.1) is 0 Å². The number of ether oxygens (including phenoxy) is 3. The Balaban J connectivity index is 1.52. The van der Waals surface area contributed by atoms with Crippen molar-refractivity contribution in [3.63, 3.8) is 0 Å². The lowest BCUT2D eigenvalue weighted by atomic mass is 10.1. The summed E-state index contributed by atoms with van der Waals surface area (Å²) in [6, 6.07) is 13.0. The smallest absolute Gasteiger partial charge is 0.244 e. The zero-order valence-electron chi connectivity index (χ0n) is 21.3. The van der Waals surface area contributed by atoms with E-state index in [4.69, 9.17) is 19.5 Å². The van der Waals surface area contributed by atoms with Crippen LogP contribution in [0.2, 0.25) is 0 Å². The summed E-state index contributed by atoms with van der Waals surface area (Å²) in [4.78, 5) is 14.9. The van der Waals surface area contributed by atoms with Crippen molar-refractivity contribution in [3.8, 4) is 17.6 Å². The second-order valence-electron chi connectivity index (χ2n) is 9.77. The standard InChI is InChI=1S/C28H34FN3O4/c1-28(2,3)35-19-23(13-14-32-17-25(18-32)36-24-9-7-22(29)8-10-24)31-27(33)12-6-21-15-20(16-30)5-11-26(21)34-4/h5-12,15,23,25H,13-14,17-19H2,1-4H3,(H,31,33)/b12-6+/t23-/m0/s1. The highest BCUT2D eigenvalue weighted by molar-refractivity contribution is 5.92. The van der Waals surface area contributed by atoms with Crippen molar-refractivity contribution in [1.29, 1.82) is 5.26 Å². The molecule has 1 saturated heterocycles. The van der Waals surface area contributed by atoms with Gasteiger partial charge in [0.05, 0.1) is 37.0 Å². The van der Waals surface area contributed by atoms with Crippen molar-refractivity contribution in [3.05, 3.63) is 65.5 Å². The van der Waals surface area contributed by atoms with E-state index >= 15 is 0 Å². The molecule has 36 heavy (non-hydrogen) atoms. The van der Waals surface area contributed by atoms with Crippen molar-refractivity contribution in [1.82, 2.24) is 10.2 Å². The summed E-state index contributed by atoms with van der Waals surface area (Å²) in [5, 5.41) is 12.2. The van der Waals surface area contributed by atoms with E-state index in [1.807, 2.05) is 20.8 Å². The van der Waals surface area contributed by atoms with Crippen molar-refractivity contribution in [2.75, 3.05) is 33.4 Å². The Kier molecular flexibility index (Phi) is 9.45. The van der Waals surface area contributed by atoms with Crippen molar-refractivity contribution in [2.45, 2.75) is 44.9 Å². The molecule has 0 spiro atoms. The van der Waals surface area contributed by atoms with Crippen LogP contribution in [0.4, 0.5) is 4.39 Å². The first-order chi connectivity index (χ1) is 17.1. The van der Waals surface area contributed by atoms with E-state index < -0.39 is 0 Å². The summed E-state index contributed by atoms with van der Waals surface area (Å²) in [5.41, 5.74) is 0.819. The van der Waals surface area contributed by atoms with E-state index in [0.29, 0.717) is 35.7 Å². The molecule has 2 aromatic carbocycles. The van der Waals surface area contributed by atoms with Gasteiger partial charge in [-0.2, -0.15) is 5.26 Å². The Bertz CT molecular complexity index is 1080. The second-order valence-corrected chi connectivity index (χ2v) is 9.77. The van der Waals surface area contributed by atoms with E-state index in [-0.39, 0.29) is 29.5 Å². The molecular weight excluding hydrogens is 461 g/mol. The third-order valence-electron chi connectivity index (χ3n) is 5.67. The highest BCUT2D eigenvalue weighted by Gasteiger charge is 2.29. The minimum absolute atomic E-state index is 0.0661. The lowest BCUT2D eigenvalue weighted by molar-refractivity contribution is -0.118. The van der Waals surface area contributed by atoms with Crippen LogP contribution < -0.4 is 14.8 Å². The largest absolute Gasteiger partial charge is 0.496 e. The lowest BCUT2D eigenvalue weighted by Crippen LogP contribution is -2.55. The quantitative estimate of drug-likeness (QED) is 0.471. The molecule has 7 nitrogen and oxygen atoms in total. The van der Waals surface area contributed by atoms with Crippen LogP contribution in [-0.2, 0) is 9.53 Å². The minimum Gasteiger partial charge on any atom is -0.496 e. The van der Waals surface area contributed by atoms with E-state index in [2.05, 4.69) is 16.3 Å². The number of methoxy groups -OCH3 is 1.